The van der Waals surface area contributed by atoms with Crippen LogP contribution in [0.5, 0.6) is 0 Å². The van der Waals surface area contributed by atoms with E-state index in [1.807, 2.05) is 0 Å². The van der Waals surface area contributed by atoms with E-state index in [0.717, 1.165) is 0 Å². The molecule has 0 aliphatic carbocycles. The Labute approximate surface area is 176 Å². The van der Waals surface area contributed by atoms with Gasteiger partial charge in [-0.05, 0) is 27.7 Å². The molecule has 0 aliphatic heterocycles. The zero-order valence-electron chi connectivity index (χ0n) is 17.5. The second kappa shape index (κ2) is 9.72. The third-order valence-corrected chi connectivity index (χ3v) is 7.47. The molecule has 0 radical (unpaired) electrons. The lowest BCUT2D eigenvalue weighted by atomic mass is 10.2. The first-order valence-electron chi connectivity index (χ1n) is 9.51. The van der Waals surface area contributed by atoms with E-state index in [-0.39, 0.29) is 0 Å². The molecular formula is C22H27N2O5P. The number of benzene rings is 2. The third kappa shape index (κ3) is 6.04. The van der Waals surface area contributed by atoms with Gasteiger partial charge in [-0.3, -0.25) is 9.59 Å². The van der Waals surface area contributed by atoms with Gasteiger partial charge in [0, 0.05) is 10.6 Å². The Hall–Kier alpha value is -2.92. The van der Waals surface area contributed by atoms with Crippen LogP contribution in [0, 0.1) is 0 Å². The second-order valence-electron chi connectivity index (χ2n) is 7.77. The summed E-state index contributed by atoms with van der Waals surface area (Å²) in [5.74, 6) is -2.36. The van der Waals surface area contributed by atoms with Crippen LogP contribution in [0.4, 0.5) is 4.79 Å². The molecule has 8 heteroatoms. The molecule has 7 nitrogen and oxygen atoms in total. The van der Waals surface area contributed by atoms with E-state index in [2.05, 4.69) is 10.6 Å². The van der Waals surface area contributed by atoms with Gasteiger partial charge in [0.2, 0.25) is 5.91 Å². The first kappa shape index (κ1) is 23.4. The summed E-state index contributed by atoms with van der Waals surface area (Å²) in [6, 6.07) is 17.2. The molecular weight excluding hydrogens is 403 g/mol. The van der Waals surface area contributed by atoms with Crippen molar-refractivity contribution in [3.63, 3.8) is 0 Å². The minimum Gasteiger partial charge on any atom is -0.444 e. The summed E-state index contributed by atoms with van der Waals surface area (Å²) in [5.41, 5.74) is -0.710. The molecule has 0 bridgehead atoms. The van der Waals surface area contributed by atoms with Crippen LogP contribution in [0.1, 0.15) is 27.7 Å². The molecule has 160 valence electrons. The van der Waals surface area contributed by atoms with E-state index in [4.69, 9.17) is 4.74 Å². The highest BCUT2D eigenvalue weighted by Crippen LogP contribution is 2.47. The van der Waals surface area contributed by atoms with Crippen molar-refractivity contribution in [2.45, 2.75) is 39.1 Å². The van der Waals surface area contributed by atoms with Crippen molar-refractivity contribution in [2.24, 2.45) is 0 Å². The number of nitrogens with one attached hydrogen (secondary N) is 2. The van der Waals surface area contributed by atoms with Gasteiger partial charge in [-0.2, -0.15) is 0 Å². The number of rotatable bonds is 7. The molecule has 0 aromatic heterocycles. The summed E-state index contributed by atoms with van der Waals surface area (Å²) >= 11 is 0. The van der Waals surface area contributed by atoms with Crippen molar-refractivity contribution in [1.29, 1.82) is 0 Å². The minimum atomic E-state index is -3.55. The molecule has 2 aromatic carbocycles. The van der Waals surface area contributed by atoms with E-state index in [0.29, 0.717) is 10.6 Å². The summed E-state index contributed by atoms with van der Waals surface area (Å²) in [4.78, 5) is 36.8. The van der Waals surface area contributed by atoms with Gasteiger partial charge < -0.3 is 19.9 Å². The number of ketones is 1. The second-order valence-corrected chi connectivity index (χ2v) is 10.6. The van der Waals surface area contributed by atoms with Gasteiger partial charge in [-0.15, -0.1) is 0 Å². The van der Waals surface area contributed by atoms with Crippen LogP contribution >= 0.6 is 7.14 Å². The van der Waals surface area contributed by atoms with Crippen molar-refractivity contribution >= 4 is 35.5 Å². The molecule has 2 N–H and O–H groups in total. The number of carbonyl (C=O) groups is 3. The molecule has 1 atom stereocenters. The smallest absolute Gasteiger partial charge is 0.408 e. The van der Waals surface area contributed by atoms with E-state index >= 15 is 0 Å². The summed E-state index contributed by atoms with van der Waals surface area (Å²) < 4.78 is 19.4. The number of alkyl carbamates (subject to hydrolysis) is 1. The monoisotopic (exact) mass is 430 g/mol. The molecule has 0 aliphatic rings. The minimum absolute atomic E-state index is 0.414. The lowest BCUT2D eigenvalue weighted by molar-refractivity contribution is -0.124. The van der Waals surface area contributed by atoms with Crippen molar-refractivity contribution in [3.05, 3.63) is 60.7 Å². The highest BCUT2D eigenvalue weighted by molar-refractivity contribution is 7.80. The quantitative estimate of drug-likeness (QED) is 0.658. The topological polar surface area (TPSA) is 102 Å². The Kier molecular flexibility index (Phi) is 7.57. The summed E-state index contributed by atoms with van der Waals surface area (Å²) in [5, 5.41) is 5.80. The maximum Gasteiger partial charge on any atom is 0.408 e. The van der Waals surface area contributed by atoms with Crippen molar-refractivity contribution in [2.75, 3.05) is 6.54 Å². The Bertz CT molecular complexity index is 896. The predicted molar refractivity (Wildman–Crippen MR) is 117 cm³/mol. The maximum atomic E-state index is 14.3. The van der Waals surface area contributed by atoms with Gasteiger partial charge in [-0.1, -0.05) is 60.7 Å². The molecule has 0 heterocycles. The van der Waals surface area contributed by atoms with E-state index in [9.17, 15) is 18.9 Å². The molecule has 30 heavy (non-hydrogen) atoms. The molecule has 0 saturated carbocycles. The van der Waals surface area contributed by atoms with Crippen LogP contribution < -0.4 is 21.2 Å². The fourth-order valence-electron chi connectivity index (χ4n) is 2.86. The fraction of sp³-hybridized carbons (Fsp3) is 0.318. The average molecular weight is 430 g/mol. The van der Waals surface area contributed by atoms with Crippen molar-refractivity contribution < 1.29 is 23.7 Å². The molecule has 0 fully saturated rings. The number of hydrogen-bond acceptors (Lipinski definition) is 5. The van der Waals surface area contributed by atoms with Gasteiger partial charge in [0.15, 0.2) is 12.9 Å². The number of hydrogen-bond donors (Lipinski definition) is 2. The van der Waals surface area contributed by atoms with E-state index < -0.39 is 42.9 Å². The zero-order chi connectivity index (χ0) is 22.4. The van der Waals surface area contributed by atoms with Crippen LogP contribution in [0.25, 0.3) is 0 Å². The maximum absolute atomic E-state index is 14.3. The fourth-order valence-corrected chi connectivity index (χ4v) is 5.83. The van der Waals surface area contributed by atoms with Crippen LogP contribution in [-0.4, -0.2) is 35.7 Å². The lowest BCUT2D eigenvalue weighted by Crippen LogP contribution is -2.48. The summed E-state index contributed by atoms with van der Waals surface area (Å²) in [7, 11) is -3.55. The first-order chi connectivity index (χ1) is 14.0. The third-order valence-electron chi connectivity index (χ3n) is 4.12. The van der Waals surface area contributed by atoms with Crippen LogP contribution in [0.3, 0.4) is 0 Å². The van der Waals surface area contributed by atoms with Crippen LogP contribution in [0.15, 0.2) is 60.7 Å². The van der Waals surface area contributed by atoms with Gasteiger partial charge in [0.25, 0.3) is 0 Å². The number of amides is 2. The predicted octanol–water partition coefficient (Wildman–Crippen LogP) is 2.56. The summed E-state index contributed by atoms with van der Waals surface area (Å²) in [6.45, 7) is 5.98. The molecule has 2 rings (SSSR count). The SMILES string of the molecule is CC(=O)C(NC(=O)CNC(=O)OC(C)(C)C)P(=O)(c1ccccc1)c1ccccc1. The van der Waals surface area contributed by atoms with E-state index in [1.165, 1.54) is 6.92 Å². The van der Waals surface area contributed by atoms with Gasteiger partial charge >= 0.3 is 6.09 Å². The standard InChI is InChI=1S/C22H27N2O5P/c1-16(25)20(24-19(26)15-23-21(27)29-22(2,3)4)30(28,17-11-7-5-8-12-17)18-13-9-6-10-14-18/h5-14,20H,15H2,1-4H3,(H,23,27)(H,24,26). The van der Waals surface area contributed by atoms with Crippen LogP contribution in [-0.2, 0) is 18.9 Å². The largest absolute Gasteiger partial charge is 0.444 e. The first-order valence-corrected chi connectivity index (χ1v) is 11.3. The Morgan fingerprint density at radius 3 is 1.80 bits per heavy atom. The Morgan fingerprint density at radius 2 is 1.40 bits per heavy atom. The highest BCUT2D eigenvalue weighted by atomic mass is 31.2. The lowest BCUT2D eigenvalue weighted by Gasteiger charge is -2.28. The zero-order valence-corrected chi connectivity index (χ0v) is 18.4. The Balaban J connectivity index is 2.29. The molecule has 0 spiro atoms. The van der Waals surface area contributed by atoms with Gasteiger partial charge in [0.05, 0.1) is 0 Å². The molecule has 2 aromatic rings. The highest BCUT2D eigenvalue weighted by Gasteiger charge is 2.40. The number of ether oxygens (including phenoxy) is 1. The average Bonchev–Trinajstić information content (AvgIpc) is 2.70. The number of carbonyl (C=O) groups excluding carboxylic acids is 3. The molecule has 1 unspecified atom stereocenters. The van der Waals surface area contributed by atoms with Gasteiger partial charge in [-0.25, -0.2) is 4.79 Å². The molecule has 0 saturated heterocycles. The van der Waals surface area contributed by atoms with E-state index in [1.54, 1.807) is 81.4 Å². The Morgan fingerprint density at radius 1 is 0.933 bits per heavy atom. The van der Waals surface area contributed by atoms with Crippen molar-refractivity contribution in [1.82, 2.24) is 10.6 Å². The number of Topliss-reactive ketones (excluding diaryl/α,β-unsaturated/α-hetero) is 1. The van der Waals surface area contributed by atoms with Crippen LogP contribution in [0.2, 0.25) is 0 Å². The van der Waals surface area contributed by atoms with Gasteiger partial charge in [0.1, 0.15) is 17.9 Å². The normalized spacial score (nSPS) is 12.5. The molecule has 2 amide bonds. The van der Waals surface area contributed by atoms with Crippen molar-refractivity contribution in [3.8, 4) is 0 Å². The summed E-state index contributed by atoms with van der Waals surface area (Å²) in [6.07, 6.45) is -0.758.